The third kappa shape index (κ3) is 4.86. The summed E-state index contributed by atoms with van der Waals surface area (Å²) in [5.74, 6) is 1.15. The monoisotopic (exact) mass is 307 g/mol. The molecule has 0 aliphatic rings. The highest BCUT2D eigenvalue weighted by Gasteiger charge is 2.09. The molecule has 0 radical (unpaired) electrons. The molecule has 2 rings (SSSR count). The molecule has 114 valence electrons. The number of rotatable bonds is 8. The first-order valence-corrected chi connectivity index (χ1v) is 7.89. The van der Waals surface area contributed by atoms with Crippen LogP contribution in [0.2, 0.25) is 0 Å². The van der Waals surface area contributed by atoms with Gasteiger partial charge in [0, 0.05) is 31.9 Å². The van der Waals surface area contributed by atoms with E-state index in [0.717, 1.165) is 19.4 Å². The van der Waals surface area contributed by atoms with Crippen molar-refractivity contribution < 1.29 is 4.74 Å². The van der Waals surface area contributed by atoms with Crippen molar-refractivity contribution in [2.24, 2.45) is 0 Å². The van der Waals surface area contributed by atoms with Crippen molar-refractivity contribution >= 4 is 23.2 Å². The van der Waals surface area contributed by atoms with Crippen LogP contribution in [0.15, 0.2) is 17.5 Å². The van der Waals surface area contributed by atoms with Gasteiger partial charge in [-0.3, -0.25) is 0 Å². The zero-order valence-corrected chi connectivity index (χ0v) is 13.5. The highest BCUT2D eigenvalue weighted by atomic mass is 32.1. The van der Waals surface area contributed by atoms with Gasteiger partial charge in [0.2, 0.25) is 11.9 Å². The number of hydrogen-bond acceptors (Lipinski definition) is 7. The van der Waals surface area contributed by atoms with Crippen LogP contribution >= 0.6 is 11.3 Å². The fourth-order valence-electron chi connectivity index (χ4n) is 1.62. The van der Waals surface area contributed by atoms with Crippen molar-refractivity contribution in [2.75, 3.05) is 37.5 Å². The summed E-state index contributed by atoms with van der Waals surface area (Å²) in [6, 6.07) is 4.50. The molecule has 0 atom stereocenters. The number of nitrogens with zero attached hydrogens (tertiary/aromatic N) is 4. The molecule has 0 aliphatic carbocycles. The lowest BCUT2D eigenvalue weighted by molar-refractivity contribution is 0.297. The molecule has 0 bridgehead atoms. The normalized spacial score (nSPS) is 10.4. The SMILES string of the molecule is CCCNc1nc(OCCc2cccs2)nc(N(C)C)n1. The highest BCUT2D eigenvalue weighted by Crippen LogP contribution is 2.14. The second kappa shape index (κ2) is 7.78. The predicted molar refractivity (Wildman–Crippen MR) is 86.5 cm³/mol. The van der Waals surface area contributed by atoms with E-state index >= 15 is 0 Å². The molecule has 2 aromatic rings. The Morgan fingerprint density at radius 2 is 2.14 bits per heavy atom. The first kappa shape index (κ1) is 15.5. The molecular formula is C14H21N5OS. The van der Waals surface area contributed by atoms with Crippen LogP contribution < -0.4 is 15.0 Å². The molecule has 0 spiro atoms. The predicted octanol–water partition coefficient (Wildman–Crippen LogP) is 2.44. The summed E-state index contributed by atoms with van der Waals surface area (Å²) < 4.78 is 5.67. The topological polar surface area (TPSA) is 63.2 Å². The van der Waals surface area contributed by atoms with Crippen molar-refractivity contribution in [3.8, 4) is 6.01 Å². The third-order valence-electron chi connectivity index (χ3n) is 2.70. The standard InChI is InChI=1S/C14H21N5OS/c1-4-8-15-12-16-13(19(2)3)18-14(17-12)20-9-7-11-6-5-10-21-11/h5-6,10H,4,7-9H2,1-3H3,(H,15,16,17,18). The lowest BCUT2D eigenvalue weighted by Gasteiger charge is -2.13. The Kier molecular flexibility index (Phi) is 5.74. The van der Waals surface area contributed by atoms with Crippen LogP contribution in [0.1, 0.15) is 18.2 Å². The van der Waals surface area contributed by atoms with E-state index in [9.17, 15) is 0 Å². The van der Waals surface area contributed by atoms with E-state index in [4.69, 9.17) is 4.74 Å². The number of hydrogen-bond donors (Lipinski definition) is 1. The molecule has 2 aromatic heterocycles. The maximum absolute atomic E-state index is 5.67. The molecule has 0 fully saturated rings. The Morgan fingerprint density at radius 1 is 1.29 bits per heavy atom. The number of anilines is 2. The summed E-state index contributed by atoms with van der Waals surface area (Å²) in [6.45, 7) is 3.48. The minimum Gasteiger partial charge on any atom is -0.463 e. The fraction of sp³-hybridized carbons (Fsp3) is 0.500. The van der Waals surface area contributed by atoms with E-state index in [-0.39, 0.29) is 0 Å². The van der Waals surface area contributed by atoms with E-state index in [1.807, 2.05) is 25.1 Å². The minimum absolute atomic E-state index is 0.365. The van der Waals surface area contributed by atoms with E-state index < -0.39 is 0 Å². The third-order valence-corrected chi connectivity index (χ3v) is 3.63. The van der Waals surface area contributed by atoms with Crippen molar-refractivity contribution in [3.63, 3.8) is 0 Å². The van der Waals surface area contributed by atoms with Gasteiger partial charge in [0.1, 0.15) is 0 Å². The summed E-state index contributed by atoms with van der Waals surface area (Å²) in [7, 11) is 3.79. The highest BCUT2D eigenvalue weighted by molar-refractivity contribution is 7.09. The second-order valence-electron chi connectivity index (χ2n) is 4.74. The van der Waals surface area contributed by atoms with Gasteiger partial charge in [0.15, 0.2) is 0 Å². The summed E-state index contributed by atoms with van der Waals surface area (Å²) in [4.78, 5) is 16.1. The van der Waals surface area contributed by atoms with Crippen LogP contribution in [0.3, 0.4) is 0 Å². The first-order valence-electron chi connectivity index (χ1n) is 7.01. The van der Waals surface area contributed by atoms with Crippen molar-refractivity contribution in [3.05, 3.63) is 22.4 Å². The number of ether oxygens (including phenoxy) is 1. The van der Waals surface area contributed by atoms with Crippen LogP contribution in [-0.2, 0) is 6.42 Å². The summed E-state index contributed by atoms with van der Waals surface area (Å²) in [5, 5.41) is 5.23. The molecule has 7 heteroatoms. The molecule has 0 aromatic carbocycles. The van der Waals surface area contributed by atoms with Gasteiger partial charge in [-0.1, -0.05) is 13.0 Å². The Morgan fingerprint density at radius 3 is 2.81 bits per heavy atom. The van der Waals surface area contributed by atoms with Crippen molar-refractivity contribution in [1.82, 2.24) is 15.0 Å². The summed E-state index contributed by atoms with van der Waals surface area (Å²) in [5.41, 5.74) is 0. The molecule has 0 aliphatic heterocycles. The smallest absolute Gasteiger partial charge is 0.323 e. The molecule has 6 nitrogen and oxygen atoms in total. The Balaban J connectivity index is 2.00. The van der Waals surface area contributed by atoms with Crippen molar-refractivity contribution in [1.29, 1.82) is 0 Å². The zero-order valence-electron chi connectivity index (χ0n) is 12.7. The fourth-order valence-corrected chi connectivity index (χ4v) is 2.31. The van der Waals surface area contributed by atoms with E-state index in [2.05, 4.69) is 38.6 Å². The van der Waals surface area contributed by atoms with Crippen LogP contribution in [0, 0.1) is 0 Å². The van der Waals surface area contributed by atoms with Crippen LogP contribution in [0.5, 0.6) is 6.01 Å². The molecule has 21 heavy (non-hydrogen) atoms. The lowest BCUT2D eigenvalue weighted by atomic mass is 10.4. The van der Waals surface area contributed by atoms with Gasteiger partial charge in [0.25, 0.3) is 0 Å². The molecule has 0 saturated carbocycles. The maximum atomic E-state index is 5.67. The van der Waals surface area contributed by atoms with E-state index in [0.29, 0.717) is 24.5 Å². The summed E-state index contributed by atoms with van der Waals surface area (Å²) in [6.07, 6.45) is 1.87. The van der Waals surface area contributed by atoms with Gasteiger partial charge in [-0.2, -0.15) is 15.0 Å². The van der Waals surface area contributed by atoms with Gasteiger partial charge >= 0.3 is 6.01 Å². The number of thiophene rings is 1. The van der Waals surface area contributed by atoms with Crippen molar-refractivity contribution in [2.45, 2.75) is 19.8 Å². The molecular weight excluding hydrogens is 286 g/mol. The Bertz CT molecular complexity index is 544. The van der Waals surface area contributed by atoms with Gasteiger partial charge in [-0.05, 0) is 17.9 Å². The molecule has 1 N–H and O–H groups in total. The van der Waals surface area contributed by atoms with E-state index in [1.54, 1.807) is 11.3 Å². The maximum Gasteiger partial charge on any atom is 0.323 e. The number of nitrogens with one attached hydrogen (secondary N) is 1. The van der Waals surface area contributed by atoms with Gasteiger partial charge in [-0.25, -0.2) is 0 Å². The molecule has 2 heterocycles. The molecule has 0 unspecified atom stereocenters. The summed E-state index contributed by atoms with van der Waals surface area (Å²) >= 11 is 1.73. The van der Waals surface area contributed by atoms with E-state index in [1.165, 1.54) is 4.88 Å². The first-order chi connectivity index (χ1) is 10.2. The Labute approximate surface area is 129 Å². The minimum atomic E-state index is 0.365. The largest absolute Gasteiger partial charge is 0.463 e. The van der Waals surface area contributed by atoms with Crippen LogP contribution in [0.4, 0.5) is 11.9 Å². The average Bonchev–Trinajstić information content (AvgIpc) is 2.98. The van der Waals surface area contributed by atoms with Gasteiger partial charge in [0.05, 0.1) is 6.61 Å². The Hall–Kier alpha value is -1.89. The lowest BCUT2D eigenvalue weighted by Crippen LogP contribution is -2.17. The number of aromatic nitrogens is 3. The quantitative estimate of drug-likeness (QED) is 0.808. The van der Waals surface area contributed by atoms with Crippen LogP contribution in [-0.4, -0.2) is 42.2 Å². The molecule has 0 amide bonds. The average molecular weight is 307 g/mol. The molecule has 0 saturated heterocycles. The second-order valence-corrected chi connectivity index (χ2v) is 5.77. The van der Waals surface area contributed by atoms with Gasteiger partial charge in [-0.15, -0.1) is 11.3 Å². The van der Waals surface area contributed by atoms with Crippen LogP contribution in [0.25, 0.3) is 0 Å². The van der Waals surface area contributed by atoms with Gasteiger partial charge < -0.3 is 15.0 Å². The zero-order chi connectivity index (χ0) is 15.1.